The molecule has 4 aliphatic carbocycles. The van der Waals surface area contributed by atoms with E-state index in [2.05, 4.69) is 63.9 Å². The van der Waals surface area contributed by atoms with Gasteiger partial charge in [0.15, 0.2) is 0 Å². The van der Waals surface area contributed by atoms with E-state index >= 15 is 0 Å². The summed E-state index contributed by atoms with van der Waals surface area (Å²) in [4.78, 5) is 16.1. The van der Waals surface area contributed by atoms with Crippen LogP contribution in [0.4, 0.5) is 0 Å². The van der Waals surface area contributed by atoms with Crippen LogP contribution in [0.15, 0.2) is 42.3 Å². The number of allylic oxidation sites excluding steroid dienone is 4. The van der Waals surface area contributed by atoms with Gasteiger partial charge in [0.2, 0.25) is 0 Å². The number of fused-ring (bicyclic) bond motifs is 5. The van der Waals surface area contributed by atoms with Gasteiger partial charge >= 0.3 is 5.97 Å². The Labute approximate surface area is 204 Å². The summed E-state index contributed by atoms with van der Waals surface area (Å²) in [5, 5.41) is 10.4. The molecule has 1 heterocycles. The van der Waals surface area contributed by atoms with Gasteiger partial charge in [-0.25, -0.2) is 0 Å². The van der Waals surface area contributed by atoms with E-state index in [4.69, 9.17) is 4.74 Å². The van der Waals surface area contributed by atoms with Gasteiger partial charge in [0, 0.05) is 30.3 Å². The first kappa shape index (κ1) is 23.3. The van der Waals surface area contributed by atoms with E-state index in [-0.39, 0.29) is 39.1 Å². The van der Waals surface area contributed by atoms with Gasteiger partial charge in [0.1, 0.15) is 6.10 Å². The van der Waals surface area contributed by atoms with Crippen LogP contribution in [-0.2, 0) is 9.53 Å². The van der Waals surface area contributed by atoms with Crippen LogP contribution in [0.2, 0.25) is 0 Å². The molecule has 0 aliphatic heterocycles. The predicted octanol–water partition coefficient (Wildman–Crippen LogP) is 6.89. The molecule has 1 aromatic rings. The van der Waals surface area contributed by atoms with Crippen molar-refractivity contribution in [3.63, 3.8) is 0 Å². The molecular formula is C30H38N2O2. The number of nitriles is 1. The van der Waals surface area contributed by atoms with Crippen LogP contribution < -0.4 is 0 Å². The second-order valence-electron chi connectivity index (χ2n) is 12.5. The molecule has 0 amide bonds. The Bertz CT molecular complexity index is 1130. The monoisotopic (exact) mass is 458 g/mol. The number of pyridine rings is 1. The highest BCUT2D eigenvalue weighted by Crippen LogP contribution is 2.78. The Hall–Kier alpha value is -2.41. The zero-order chi connectivity index (χ0) is 24.6. The summed E-state index contributed by atoms with van der Waals surface area (Å²) in [5.74, 6) is 0.0858. The molecule has 4 heteroatoms. The van der Waals surface area contributed by atoms with Crippen molar-refractivity contribution < 1.29 is 9.53 Å². The zero-order valence-corrected chi connectivity index (χ0v) is 21.6. The fraction of sp³-hybridized carbons (Fsp3) is 0.633. The number of ether oxygens (including phenoxy) is 1. The summed E-state index contributed by atoms with van der Waals surface area (Å²) in [6, 6.07) is 6.86. The van der Waals surface area contributed by atoms with Crippen LogP contribution in [0.3, 0.4) is 0 Å². The smallest absolute Gasteiger partial charge is 0.302 e. The van der Waals surface area contributed by atoms with Gasteiger partial charge < -0.3 is 4.74 Å². The van der Waals surface area contributed by atoms with Gasteiger partial charge in [-0.15, -0.1) is 0 Å². The third-order valence-electron chi connectivity index (χ3n) is 11.5. The van der Waals surface area contributed by atoms with Crippen molar-refractivity contribution in [2.24, 2.45) is 33.0 Å². The van der Waals surface area contributed by atoms with E-state index in [0.29, 0.717) is 5.92 Å². The molecule has 1 aromatic heterocycles. The molecule has 0 aromatic carbocycles. The van der Waals surface area contributed by atoms with Crippen molar-refractivity contribution in [2.75, 3.05) is 0 Å². The van der Waals surface area contributed by atoms with Crippen LogP contribution in [0, 0.1) is 44.3 Å². The molecule has 34 heavy (non-hydrogen) atoms. The standard InChI is InChI=1S/C30H38N2O2/c1-20(33)34-23-9-12-30(6)28(4)14-13-26(2)24(21-8-7-15-32-19-21)10-11-27(26,3)25(28)16-22(18-31)29(30,5)17-23/h7-8,10,15-16,19,23,25H,9,11-14,17H2,1-6H3/t23-,25?,26+,27-,28-,29+,30+/m0/s1. The molecule has 0 radical (unpaired) electrons. The minimum atomic E-state index is -0.298. The minimum Gasteiger partial charge on any atom is -0.463 e. The topological polar surface area (TPSA) is 63.0 Å². The fourth-order valence-corrected chi connectivity index (χ4v) is 8.95. The molecule has 0 spiro atoms. The normalized spacial score (nSPS) is 45.1. The molecule has 7 atom stereocenters. The Morgan fingerprint density at radius 2 is 1.88 bits per heavy atom. The van der Waals surface area contributed by atoms with Crippen molar-refractivity contribution in [1.82, 2.24) is 4.98 Å². The number of carbonyl (C=O) groups is 1. The molecule has 0 N–H and O–H groups in total. The van der Waals surface area contributed by atoms with Gasteiger partial charge in [-0.05, 0) is 83.3 Å². The maximum atomic E-state index is 11.7. The molecular weight excluding hydrogens is 420 g/mol. The number of hydrogen-bond donors (Lipinski definition) is 0. The molecule has 4 aliphatic rings. The molecule has 2 saturated carbocycles. The van der Waals surface area contributed by atoms with Crippen LogP contribution in [0.25, 0.3) is 5.57 Å². The van der Waals surface area contributed by atoms with Gasteiger partial charge in [0.05, 0.1) is 6.07 Å². The van der Waals surface area contributed by atoms with Gasteiger partial charge in [-0.3, -0.25) is 9.78 Å². The molecule has 0 bridgehead atoms. The Balaban J connectivity index is 1.62. The van der Waals surface area contributed by atoms with Gasteiger partial charge in [-0.2, -0.15) is 5.26 Å². The summed E-state index contributed by atoms with van der Waals surface area (Å²) < 4.78 is 5.69. The first-order chi connectivity index (χ1) is 16.0. The van der Waals surface area contributed by atoms with E-state index < -0.39 is 0 Å². The number of carbonyl (C=O) groups excluding carboxylic acids is 1. The predicted molar refractivity (Wildman–Crippen MR) is 133 cm³/mol. The molecule has 0 saturated heterocycles. The van der Waals surface area contributed by atoms with Crippen LogP contribution in [0.1, 0.15) is 85.6 Å². The molecule has 180 valence electrons. The molecule has 4 nitrogen and oxygen atoms in total. The SMILES string of the molecule is CC(=O)O[C@H]1CC[C@]2(C)[C@@]3(C)CC[C@]4(C)C(c5cccnc5)=CC[C@@]4(C)C3C=C(C#N)[C@@]2(C)C1. The Morgan fingerprint density at radius 1 is 1.12 bits per heavy atom. The van der Waals surface area contributed by atoms with E-state index in [1.165, 1.54) is 18.1 Å². The number of rotatable bonds is 2. The molecule has 2 fully saturated rings. The van der Waals surface area contributed by atoms with E-state index in [9.17, 15) is 10.1 Å². The number of aromatic nitrogens is 1. The lowest BCUT2D eigenvalue weighted by Crippen LogP contribution is -2.65. The van der Waals surface area contributed by atoms with Gasteiger partial charge in [-0.1, -0.05) is 52.8 Å². The summed E-state index contributed by atoms with van der Waals surface area (Å²) in [5.41, 5.74) is 3.35. The van der Waals surface area contributed by atoms with Crippen LogP contribution >= 0.6 is 0 Å². The molecule has 1 unspecified atom stereocenters. The van der Waals surface area contributed by atoms with Gasteiger partial charge in [0.25, 0.3) is 0 Å². The van der Waals surface area contributed by atoms with Crippen LogP contribution in [-0.4, -0.2) is 17.1 Å². The first-order valence-electron chi connectivity index (χ1n) is 12.9. The summed E-state index contributed by atoms with van der Waals surface area (Å²) in [6.07, 6.45) is 14.4. The summed E-state index contributed by atoms with van der Waals surface area (Å²) >= 11 is 0. The highest BCUT2D eigenvalue weighted by molar-refractivity contribution is 5.73. The highest BCUT2D eigenvalue weighted by Gasteiger charge is 2.71. The molecule has 5 rings (SSSR count). The van der Waals surface area contributed by atoms with Crippen molar-refractivity contribution in [3.05, 3.63) is 47.8 Å². The lowest BCUT2D eigenvalue weighted by Gasteiger charge is -2.71. The Kier molecular flexibility index (Phi) is 5.01. The van der Waals surface area contributed by atoms with Crippen LogP contribution in [0.5, 0.6) is 0 Å². The summed E-state index contributed by atoms with van der Waals surface area (Å²) in [7, 11) is 0. The van der Waals surface area contributed by atoms with E-state index in [0.717, 1.165) is 44.1 Å². The quantitative estimate of drug-likeness (QED) is 0.453. The maximum Gasteiger partial charge on any atom is 0.302 e. The number of hydrogen-bond acceptors (Lipinski definition) is 4. The van der Waals surface area contributed by atoms with E-state index in [1.807, 2.05) is 18.5 Å². The van der Waals surface area contributed by atoms with Crippen molar-refractivity contribution >= 4 is 11.5 Å². The summed E-state index contributed by atoms with van der Waals surface area (Å²) in [6.45, 7) is 13.6. The van der Waals surface area contributed by atoms with E-state index in [1.54, 1.807) is 0 Å². The average Bonchev–Trinajstić information content (AvgIpc) is 3.07. The third kappa shape index (κ3) is 2.70. The fourth-order valence-electron chi connectivity index (χ4n) is 8.95. The largest absolute Gasteiger partial charge is 0.463 e. The third-order valence-corrected chi connectivity index (χ3v) is 11.5. The lowest BCUT2D eigenvalue weighted by atomic mass is 9.33. The number of esters is 1. The van der Waals surface area contributed by atoms with Crippen molar-refractivity contribution in [2.45, 2.75) is 86.2 Å². The van der Waals surface area contributed by atoms with Crippen molar-refractivity contribution in [3.8, 4) is 6.07 Å². The number of nitrogens with zero attached hydrogens (tertiary/aromatic N) is 2. The first-order valence-corrected chi connectivity index (χ1v) is 12.9. The average molecular weight is 459 g/mol. The minimum absolute atomic E-state index is 0.0321. The maximum absolute atomic E-state index is 11.7. The second-order valence-corrected chi connectivity index (χ2v) is 12.5. The second kappa shape index (κ2) is 7.30. The van der Waals surface area contributed by atoms with Crippen molar-refractivity contribution in [1.29, 1.82) is 5.26 Å². The lowest BCUT2D eigenvalue weighted by molar-refractivity contribution is -0.194. The highest BCUT2D eigenvalue weighted by atomic mass is 16.5. The Morgan fingerprint density at radius 3 is 2.53 bits per heavy atom. The zero-order valence-electron chi connectivity index (χ0n) is 21.6.